The Bertz CT molecular complexity index is 222. The molecule has 0 radical (unpaired) electrons. The van der Waals surface area contributed by atoms with E-state index in [9.17, 15) is 4.79 Å². The first-order valence-corrected chi connectivity index (χ1v) is 8.24. The largest absolute Gasteiger partial charge is 0.395 e. The smallest absolute Gasteiger partial charge is 0.152 e. The van der Waals surface area contributed by atoms with E-state index in [0.29, 0.717) is 13.0 Å². The van der Waals surface area contributed by atoms with Crippen LogP contribution in [0.4, 0.5) is 0 Å². The molecule has 0 bridgehead atoms. The van der Waals surface area contributed by atoms with Gasteiger partial charge in [0, 0.05) is 13.0 Å². The Balaban J connectivity index is 3.41. The molecule has 0 aliphatic rings. The summed E-state index contributed by atoms with van der Waals surface area (Å²) >= 11 is 0. The maximum absolute atomic E-state index is 11.8. The molecular formula is C16H33NO3. The highest BCUT2D eigenvalue weighted by atomic mass is 16.3. The summed E-state index contributed by atoms with van der Waals surface area (Å²) < 4.78 is 0. The first-order chi connectivity index (χ1) is 9.76. The number of rotatable bonds is 15. The Morgan fingerprint density at radius 3 is 2.00 bits per heavy atom. The summed E-state index contributed by atoms with van der Waals surface area (Å²) in [6.07, 6.45) is 11.6. The number of Topliss-reactive ketones (excluding diaryl/α,β-unsaturated/α-hetero) is 1. The molecule has 0 rings (SSSR count). The fraction of sp³-hybridized carbons (Fsp3) is 0.938. The van der Waals surface area contributed by atoms with Crippen LogP contribution in [0.2, 0.25) is 0 Å². The highest BCUT2D eigenvalue weighted by Gasteiger charge is 2.15. The van der Waals surface area contributed by atoms with Gasteiger partial charge >= 0.3 is 0 Å². The summed E-state index contributed by atoms with van der Waals surface area (Å²) in [4.78, 5) is 11.8. The minimum atomic E-state index is -0.504. The second-order valence-corrected chi connectivity index (χ2v) is 5.46. The highest BCUT2D eigenvalue weighted by Crippen LogP contribution is 2.11. The van der Waals surface area contributed by atoms with E-state index in [-0.39, 0.29) is 19.0 Å². The van der Waals surface area contributed by atoms with Crippen LogP contribution in [0.3, 0.4) is 0 Å². The average Bonchev–Trinajstić information content (AvgIpc) is 2.46. The molecule has 0 amide bonds. The Morgan fingerprint density at radius 2 is 1.50 bits per heavy atom. The lowest BCUT2D eigenvalue weighted by molar-refractivity contribution is -0.122. The van der Waals surface area contributed by atoms with Gasteiger partial charge in [0.2, 0.25) is 0 Å². The van der Waals surface area contributed by atoms with Gasteiger partial charge in [-0.25, -0.2) is 0 Å². The number of unbranched alkanes of at least 4 members (excludes halogenated alkanes) is 8. The van der Waals surface area contributed by atoms with Crippen LogP contribution in [0.5, 0.6) is 0 Å². The van der Waals surface area contributed by atoms with E-state index in [1.807, 2.05) is 0 Å². The molecule has 0 aromatic rings. The van der Waals surface area contributed by atoms with Crippen molar-refractivity contribution in [2.24, 2.45) is 0 Å². The summed E-state index contributed by atoms with van der Waals surface area (Å²) in [5, 5.41) is 20.6. The SMILES string of the molecule is CCCCCCCCCCCC(=O)C(CO)NCCO. The van der Waals surface area contributed by atoms with E-state index in [1.165, 1.54) is 44.9 Å². The summed E-state index contributed by atoms with van der Waals surface area (Å²) in [7, 11) is 0. The van der Waals surface area contributed by atoms with E-state index in [0.717, 1.165) is 12.8 Å². The van der Waals surface area contributed by atoms with Crippen LogP contribution in [0, 0.1) is 0 Å². The van der Waals surface area contributed by atoms with Crippen LogP contribution in [-0.2, 0) is 4.79 Å². The Kier molecular flexibility index (Phi) is 14.6. The lowest BCUT2D eigenvalue weighted by Gasteiger charge is -2.14. The first kappa shape index (κ1) is 19.6. The van der Waals surface area contributed by atoms with Gasteiger partial charge in [0.15, 0.2) is 5.78 Å². The standard InChI is InChI=1S/C16H33NO3/c1-2-3-4-5-6-7-8-9-10-11-16(20)15(14-19)17-12-13-18/h15,17-19H,2-14H2,1H3. The minimum absolute atomic E-state index is 0.0121. The molecule has 1 unspecified atom stereocenters. The topological polar surface area (TPSA) is 69.6 Å². The zero-order valence-corrected chi connectivity index (χ0v) is 13.1. The van der Waals surface area contributed by atoms with Crippen LogP contribution < -0.4 is 5.32 Å². The van der Waals surface area contributed by atoms with Crippen molar-refractivity contribution in [3.63, 3.8) is 0 Å². The van der Waals surface area contributed by atoms with Crippen LogP contribution in [-0.4, -0.2) is 41.8 Å². The molecular weight excluding hydrogens is 254 g/mol. The van der Waals surface area contributed by atoms with Crippen molar-refractivity contribution in [1.29, 1.82) is 0 Å². The van der Waals surface area contributed by atoms with Crippen molar-refractivity contribution in [1.82, 2.24) is 5.32 Å². The van der Waals surface area contributed by atoms with Gasteiger partial charge in [-0.15, -0.1) is 0 Å². The third-order valence-electron chi connectivity index (χ3n) is 3.60. The molecule has 0 fully saturated rings. The third kappa shape index (κ3) is 11.4. The number of hydrogen-bond donors (Lipinski definition) is 3. The second kappa shape index (κ2) is 14.9. The van der Waals surface area contributed by atoms with Crippen molar-refractivity contribution < 1.29 is 15.0 Å². The van der Waals surface area contributed by atoms with E-state index < -0.39 is 6.04 Å². The molecule has 0 aliphatic carbocycles. The molecule has 4 nitrogen and oxygen atoms in total. The van der Waals surface area contributed by atoms with Gasteiger partial charge in [-0.1, -0.05) is 58.3 Å². The molecule has 0 heterocycles. The van der Waals surface area contributed by atoms with Crippen molar-refractivity contribution in [3.05, 3.63) is 0 Å². The Labute approximate surface area is 124 Å². The monoisotopic (exact) mass is 287 g/mol. The fourth-order valence-electron chi connectivity index (χ4n) is 2.30. The summed E-state index contributed by atoms with van der Waals surface area (Å²) in [5.74, 6) is 0.0592. The molecule has 1 atom stereocenters. The van der Waals surface area contributed by atoms with E-state index >= 15 is 0 Å². The number of aliphatic hydroxyl groups is 2. The van der Waals surface area contributed by atoms with E-state index in [4.69, 9.17) is 10.2 Å². The molecule has 0 spiro atoms. The summed E-state index contributed by atoms with van der Waals surface area (Å²) in [5.41, 5.74) is 0. The quantitative estimate of drug-likeness (QED) is 0.405. The van der Waals surface area contributed by atoms with Gasteiger partial charge in [-0.2, -0.15) is 0 Å². The van der Waals surface area contributed by atoms with Crippen LogP contribution >= 0.6 is 0 Å². The maximum Gasteiger partial charge on any atom is 0.152 e. The molecule has 0 saturated heterocycles. The predicted molar refractivity (Wildman–Crippen MR) is 82.8 cm³/mol. The minimum Gasteiger partial charge on any atom is -0.395 e. The van der Waals surface area contributed by atoms with Crippen LogP contribution in [0.1, 0.15) is 71.1 Å². The molecule has 0 saturated carbocycles. The predicted octanol–water partition coefficient (Wildman–Crippen LogP) is 2.42. The molecule has 0 aromatic heterocycles. The number of ketones is 1. The summed E-state index contributed by atoms with van der Waals surface area (Å²) in [6, 6.07) is -0.504. The first-order valence-electron chi connectivity index (χ1n) is 8.24. The number of aliphatic hydroxyl groups excluding tert-OH is 2. The van der Waals surface area contributed by atoms with Crippen molar-refractivity contribution >= 4 is 5.78 Å². The van der Waals surface area contributed by atoms with Crippen molar-refractivity contribution in [2.75, 3.05) is 19.8 Å². The molecule has 20 heavy (non-hydrogen) atoms. The van der Waals surface area contributed by atoms with Gasteiger partial charge < -0.3 is 15.5 Å². The molecule has 4 heteroatoms. The van der Waals surface area contributed by atoms with Crippen LogP contribution in [0.25, 0.3) is 0 Å². The van der Waals surface area contributed by atoms with Gasteiger partial charge in [0.05, 0.1) is 19.3 Å². The van der Waals surface area contributed by atoms with Gasteiger partial charge in [0.25, 0.3) is 0 Å². The second-order valence-electron chi connectivity index (χ2n) is 5.46. The Morgan fingerprint density at radius 1 is 0.950 bits per heavy atom. The fourth-order valence-corrected chi connectivity index (χ4v) is 2.30. The lowest BCUT2D eigenvalue weighted by Crippen LogP contribution is -2.41. The average molecular weight is 287 g/mol. The molecule has 3 N–H and O–H groups in total. The molecule has 0 aromatic carbocycles. The number of carbonyl (C=O) groups is 1. The number of nitrogens with one attached hydrogen (secondary N) is 1. The summed E-state index contributed by atoms with van der Waals surface area (Å²) in [6.45, 7) is 2.39. The van der Waals surface area contributed by atoms with Gasteiger partial charge in [0.1, 0.15) is 0 Å². The molecule has 0 aliphatic heterocycles. The van der Waals surface area contributed by atoms with Crippen molar-refractivity contribution in [2.45, 2.75) is 77.2 Å². The lowest BCUT2D eigenvalue weighted by atomic mass is 10.0. The third-order valence-corrected chi connectivity index (χ3v) is 3.60. The maximum atomic E-state index is 11.8. The van der Waals surface area contributed by atoms with E-state index in [1.54, 1.807) is 0 Å². The van der Waals surface area contributed by atoms with Crippen LogP contribution in [0.15, 0.2) is 0 Å². The molecule has 120 valence electrons. The number of hydrogen-bond acceptors (Lipinski definition) is 4. The normalized spacial score (nSPS) is 12.6. The van der Waals surface area contributed by atoms with Crippen molar-refractivity contribution in [3.8, 4) is 0 Å². The number of carbonyl (C=O) groups excluding carboxylic acids is 1. The highest BCUT2D eigenvalue weighted by molar-refractivity contribution is 5.84. The van der Waals surface area contributed by atoms with Gasteiger partial charge in [-0.3, -0.25) is 4.79 Å². The zero-order valence-electron chi connectivity index (χ0n) is 13.1. The van der Waals surface area contributed by atoms with Gasteiger partial charge in [-0.05, 0) is 6.42 Å². The Hall–Kier alpha value is -0.450. The zero-order chi connectivity index (χ0) is 15.1. The van der Waals surface area contributed by atoms with E-state index in [2.05, 4.69) is 12.2 Å².